The summed E-state index contributed by atoms with van der Waals surface area (Å²) in [6.45, 7) is 9.28. The Labute approximate surface area is 160 Å². The highest BCUT2D eigenvalue weighted by Crippen LogP contribution is 2.38. The average Bonchev–Trinajstić information content (AvgIpc) is 2.89. The van der Waals surface area contributed by atoms with Crippen molar-refractivity contribution in [3.63, 3.8) is 0 Å². The fourth-order valence-corrected chi connectivity index (χ4v) is 3.72. The van der Waals surface area contributed by atoms with Crippen molar-refractivity contribution in [1.29, 1.82) is 0 Å². The highest BCUT2D eigenvalue weighted by molar-refractivity contribution is 5.91. The van der Waals surface area contributed by atoms with E-state index in [9.17, 15) is 14.7 Å². The van der Waals surface area contributed by atoms with Gasteiger partial charge in [-0.1, -0.05) is 31.2 Å². The van der Waals surface area contributed by atoms with E-state index in [-0.39, 0.29) is 18.9 Å². The van der Waals surface area contributed by atoms with Gasteiger partial charge in [0.1, 0.15) is 12.2 Å². The van der Waals surface area contributed by atoms with E-state index in [4.69, 9.17) is 14.6 Å². The summed E-state index contributed by atoms with van der Waals surface area (Å²) in [7, 11) is 0. The third-order valence-electron chi connectivity index (χ3n) is 5.47. The van der Waals surface area contributed by atoms with Crippen LogP contribution in [0.3, 0.4) is 0 Å². The number of esters is 2. The summed E-state index contributed by atoms with van der Waals surface area (Å²) >= 11 is 0. The Bertz CT molecular complexity index is 647. The molecule has 1 aliphatic heterocycles. The van der Waals surface area contributed by atoms with E-state index in [0.29, 0.717) is 30.4 Å². The van der Waals surface area contributed by atoms with Gasteiger partial charge in [-0.15, -0.1) is 0 Å². The number of rotatable bonds is 4. The third-order valence-corrected chi connectivity index (χ3v) is 5.47. The van der Waals surface area contributed by atoms with Crippen molar-refractivity contribution in [2.24, 2.45) is 11.8 Å². The summed E-state index contributed by atoms with van der Waals surface area (Å²) in [6.07, 6.45) is 3.61. The van der Waals surface area contributed by atoms with Gasteiger partial charge in [-0.2, -0.15) is 0 Å². The second-order valence-corrected chi connectivity index (χ2v) is 7.50. The first-order valence-corrected chi connectivity index (χ1v) is 9.48. The Morgan fingerprint density at radius 1 is 1.48 bits per heavy atom. The largest absolute Gasteiger partial charge is 0.458 e. The SMILES string of the molecule is C=C1C(=O)O[C@@H]2C[C@@H](C)[C@@H](O)C/C=C(\C)C[C@@H](OC(=O)/C(=C/C)CCO)[C@@H]12. The first kappa shape index (κ1) is 21.4. The van der Waals surface area contributed by atoms with Crippen LogP contribution in [0.25, 0.3) is 0 Å². The molecule has 1 heterocycles. The van der Waals surface area contributed by atoms with Crippen LogP contribution >= 0.6 is 0 Å². The van der Waals surface area contributed by atoms with E-state index < -0.39 is 36.2 Å². The molecule has 1 aliphatic carbocycles. The van der Waals surface area contributed by atoms with Crippen molar-refractivity contribution in [2.45, 2.75) is 64.8 Å². The maximum absolute atomic E-state index is 12.6. The number of carbonyl (C=O) groups excluding carboxylic acids is 2. The van der Waals surface area contributed by atoms with Crippen LogP contribution in [0.1, 0.15) is 46.5 Å². The minimum atomic E-state index is -0.589. The van der Waals surface area contributed by atoms with Gasteiger partial charge in [0.25, 0.3) is 0 Å². The lowest BCUT2D eigenvalue weighted by Gasteiger charge is -2.31. The molecule has 1 fully saturated rings. The molecule has 6 heteroatoms. The number of hydrogen-bond acceptors (Lipinski definition) is 6. The molecule has 2 aliphatic rings. The van der Waals surface area contributed by atoms with Crippen molar-refractivity contribution in [2.75, 3.05) is 6.61 Å². The van der Waals surface area contributed by atoms with E-state index in [2.05, 4.69) is 6.58 Å². The van der Waals surface area contributed by atoms with Crippen molar-refractivity contribution in [3.05, 3.63) is 35.5 Å². The van der Waals surface area contributed by atoms with Gasteiger partial charge < -0.3 is 19.7 Å². The number of allylic oxidation sites excluding steroid dienone is 1. The first-order chi connectivity index (χ1) is 12.8. The summed E-state index contributed by atoms with van der Waals surface area (Å²) in [5, 5.41) is 19.5. The Morgan fingerprint density at radius 3 is 2.81 bits per heavy atom. The van der Waals surface area contributed by atoms with Gasteiger partial charge >= 0.3 is 11.9 Å². The van der Waals surface area contributed by atoms with Crippen LogP contribution in [-0.4, -0.2) is 47.1 Å². The van der Waals surface area contributed by atoms with E-state index >= 15 is 0 Å². The minimum absolute atomic E-state index is 0.0739. The molecule has 5 atom stereocenters. The number of ether oxygens (including phenoxy) is 2. The van der Waals surface area contributed by atoms with Crippen LogP contribution < -0.4 is 0 Å². The van der Waals surface area contributed by atoms with E-state index in [1.807, 2.05) is 19.9 Å². The van der Waals surface area contributed by atoms with Gasteiger partial charge in [0.05, 0.1) is 12.0 Å². The van der Waals surface area contributed by atoms with Crippen molar-refractivity contribution < 1.29 is 29.3 Å². The van der Waals surface area contributed by atoms with Gasteiger partial charge in [-0.25, -0.2) is 9.59 Å². The Hall–Kier alpha value is -1.92. The number of aliphatic hydroxyl groups excluding tert-OH is 2. The molecule has 0 spiro atoms. The Morgan fingerprint density at radius 2 is 2.19 bits per heavy atom. The lowest BCUT2D eigenvalue weighted by atomic mass is 9.81. The second kappa shape index (κ2) is 9.33. The fourth-order valence-electron chi connectivity index (χ4n) is 3.72. The lowest BCUT2D eigenvalue weighted by molar-refractivity contribution is -0.148. The average molecular weight is 378 g/mol. The van der Waals surface area contributed by atoms with Crippen LogP contribution in [0, 0.1) is 11.8 Å². The lowest BCUT2D eigenvalue weighted by Crippen LogP contribution is -2.36. The molecule has 2 rings (SSSR count). The summed E-state index contributed by atoms with van der Waals surface area (Å²) in [5.74, 6) is -1.50. The van der Waals surface area contributed by atoms with Crippen molar-refractivity contribution in [1.82, 2.24) is 0 Å². The summed E-state index contributed by atoms with van der Waals surface area (Å²) in [6, 6.07) is 0. The number of carbonyl (C=O) groups is 2. The van der Waals surface area contributed by atoms with Crippen LogP contribution in [-0.2, 0) is 19.1 Å². The fraction of sp³-hybridized carbons (Fsp3) is 0.619. The predicted molar refractivity (Wildman–Crippen MR) is 101 cm³/mol. The van der Waals surface area contributed by atoms with Crippen molar-refractivity contribution in [3.8, 4) is 0 Å². The maximum Gasteiger partial charge on any atom is 0.334 e. The maximum atomic E-state index is 12.6. The van der Waals surface area contributed by atoms with Crippen LogP contribution in [0.5, 0.6) is 0 Å². The molecule has 0 saturated carbocycles. The standard InChI is InChI=1S/C21H30O6/c1-5-15(8-9-22)21(25)27-17-10-12(2)6-7-16(23)13(3)11-18-19(17)14(4)20(24)26-18/h5-6,13,16-19,22-23H,4,7-11H2,1-3H3/b12-6+,15-5+/t13-,16+,17-,18-,19-/m1/s1. The summed E-state index contributed by atoms with van der Waals surface area (Å²) in [4.78, 5) is 24.7. The van der Waals surface area contributed by atoms with Gasteiger partial charge in [-0.05, 0) is 32.6 Å². The topological polar surface area (TPSA) is 93.1 Å². The van der Waals surface area contributed by atoms with E-state index in [1.165, 1.54) is 0 Å². The molecule has 0 aromatic rings. The van der Waals surface area contributed by atoms with E-state index in [1.54, 1.807) is 13.0 Å². The summed E-state index contributed by atoms with van der Waals surface area (Å²) in [5.41, 5.74) is 1.67. The number of hydrogen-bond donors (Lipinski definition) is 2. The molecule has 2 N–H and O–H groups in total. The van der Waals surface area contributed by atoms with Gasteiger partial charge in [0, 0.05) is 30.6 Å². The van der Waals surface area contributed by atoms with Gasteiger partial charge in [-0.3, -0.25) is 0 Å². The molecule has 150 valence electrons. The predicted octanol–water partition coefficient (Wildman–Crippen LogP) is 2.45. The normalized spacial score (nSPS) is 34.3. The molecule has 0 amide bonds. The van der Waals surface area contributed by atoms with Gasteiger partial charge in [0.2, 0.25) is 0 Å². The Balaban J connectivity index is 2.34. The molecule has 0 aromatic heterocycles. The number of aliphatic hydroxyl groups is 2. The molecule has 27 heavy (non-hydrogen) atoms. The molecule has 6 nitrogen and oxygen atoms in total. The zero-order valence-corrected chi connectivity index (χ0v) is 16.3. The highest BCUT2D eigenvalue weighted by Gasteiger charge is 2.46. The van der Waals surface area contributed by atoms with Crippen LogP contribution in [0.2, 0.25) is 0 Å². The molecular weight excluding hydrogens is 348 g/mol. The molecular formula is C21H30O6. The number of fused-ring (bicyclic) bond motifs is 1. The van der Waals surface area contributed by atoms with Crippen LogP contribution in [0.4, 0.5) is 0 Å². The quantitative estimate of drug-likeness (QED) is 0.443. The molecule has 1 saturated heterocycles. The zero-order valence-electron chi connectivity index (χ0n) is 16.3. The smallest absolute Gasteiger partial charge is 0.334 e. The molecule has 0 unspecified atom stereocenters. The molecule has 0 bridgehead atoms. The van der Waals surface area contributed by atoms with Crippen LogP contribution in [0.15, 0.2) is 35.5 Å². The van der Waals surface area contributed by atoms with Crippen molar-refractivity contribution >= 4 is 11.9 Å². The zero-order chi connectivity index (χ0) is 20.1. The van der Waals surface area contributed by atoms with Gasteiger partial charge in [0.15, 0.2) is 0 Å². The highest BCUT2D eigenvalue weighted by atomic mass is 16.6. The Kier molecular flexibility index (Phi) is 7.39. The minimum Gasteiger partial charge on any atom is -0.458 e. The van der Waals surface area contributed by atoms with E-state index in [0.717, 1.165) is 5.57 Å². The second-order valence-electron chi connectivity index (χ2n) is 7.50. The molecule has 0 aromatic carbocycles. The monoisotopic (exact) mass is 378 g/mol. The third kappa shape index (κ3) is 5.08. The summed E-state index contributed by atoms with van der Waals surface area (Å²) < 4.78 is 11.3. The first-order valence-electron chi connectivity index (χ1n) is 9.48. The molecule has 0 radical (unpaired) electrons.